The first kappa shape index (κ1) is 21.7. The lowest BCUT2D eigenvalue weighted by molar-refractivity contribution is -0.116. The highest BCUT2D eigenvalue weighted by Gasteiger charge is 2.18. The topological polar surface area (TPSA) is 58.2 Å². The summed E-state index contributed by atoms with van der Waals surface area (Å²) in [6.07, 6.45) is 1.02. The molecule has 0 radical (unpaired) electrons. The molecule has 28 heavy (non-hydrogen) atoms. The zero-order valence-corrected chi connectivity index (χ0v) is 17.8. The highest BCUT2D eigenvalue weighted by molar-refractivity contribution is 6.04. The minimum Gasteiger partial charge on any atom is -0.347 e. The van der Waals surface area contributed by atoms with Crippen molar-refractivity contribution in [2.24, 2.45) is 0 Å². The second kappa shape index (κ2) is 8.59. The standard InChI is InChI=1S/C24H32N2O2/c1-23(2,3)18-14-11-17(12-15-18)13-16-21(27)25-20-10-8-7-9-19(20)22(28)26-24(4,5)6/h7-12,14-15H,13,16H2,1-6H3,(H,25,27)(H,26,28). The fraction of sp³-hybridized carbons (Fsp3) is 0.417. The molecule has 0 aliphatic rings. The second-order valence-electron chi connectivity index (χ2n) is 9.24. The predicted molar refractivity (Wildman–Crippen MR) is 116 cm³/mol. The third-order valence-corrected chi connectivity index (χ3v) is 4.40. The van der Waals surface area contributed by atoms with E-state index in [4.69, 9.17) is 0 Å². The van der Waals surface area contributed by atoms with Crippen LogP contribution in [0.25, 0.3) is 0 Å². The summed E-state index contributed by atoms with van der Waals surface area (Å²) in [7, 11) is 0. The number of anilines is 1. The predicted octanol–water partition coefficient (Wildman–Crippen LogP) is 5.08. The van der Waals surface area contributed by atoms with Crippen LogP contribution in [0, 0.1) is 0 Å². The smallest absolute Gasteiger partial charge is 0.253 e. The Morgan fingerprint density at radius 3 is 2.04 bits per heavy atom. The third kappa shape index (κ3) is 6.52. The Labute approximate surface area is 168 Å². The maximum absolute atomic E-state index is 12.5. The molecule has 150 valence electrons. The number of carbonyl (C=O) groups excluding carboxylic acids is 2. The van der Waals surface area contributed by atoms with Crippen molar-refractivity contribution in [1.82, 2.24) is 5.32 Å². The Morgan fingerprint density at radius 1 is 0.857 bits per heavy atom. The fourth-order valence-electron chi connectivity index (χ4n) is 2.84. The molecule has 4 heteroatoms. The zero-order chi connectivity index (χ0) is 20.9. The van der Waals surface area contributed by atoms with E-state index < -0.39 is 0 Å². The molecular weight excluding hydrogens is 348 g/mol. The van der Waals surface area contributed by atoms with E-state index in [0.717, 1.165) is 5.56 Å². The van der Waals surface area contributed by atoms with Crippen LogP contribution >= 0.6 is 0 Å². The second-order valence-corrected chi connectivity index (χ2v) is 9.24. The van der Waals surface area contributed by atoms with Gasteiger partial charge < -0.3 is 10.6 Å². The van der Waals surface area contributed by atoms with Gasteiger partial charge in [-0.25, -0.2) is 0 Å². The van der Waals surface area contributed by atoms with E-state index in [1.807, 2.05) is 26.8 Å². The van der Waals surface area contributed by atoms with Gasteiger partial charge in [0.2, 0.25) is 5.91 Å². The number of benzene rings is 2. The van der Waals surface area contributed by atoms with Crippen molar-refractivity contribution in [3.63, 3.8) is 0 Å². The molecule has 0 heterocycles. The number of hydrogen-bond acceptors (Lipinski definition) is 2. The van der Waals surface area contributed by atoms with Crippen LogP contribution in [0.4, 0.5) is 5.69 Å². The largest absolute Gasteiger partial charge is 0.347 e. The van der Waals surface area contributed by atoms with E-state index >= 15 is 0 Å². The number of nitrogens with one attached hydrogen (secondary N) is 2. The summed E-state index contributed by atoms with van der Waals surface area (Å²) >= 11 is 0. The molecule has 0 spiro atoms. The summed E-state index contributed by atoms with van der Waals surface area (Å²) in [5.74, 6) is -0.294. The average Bonchev–Trinajstić information content (AvgIpc) is 2.58. The van der Waals surface area contributed by atoms with E-state index in [9.17, 15) is 9.59 Å². The Hall–Kier alpha value is -2.62. The highest BCUT2D eigenvalue weighted by Crippen LogP contribution is 2.22. The van der Waals surface area contributed by atoms with Gasteiger partial charge in [0, 0.05) is 12.0 Å². The molecule has 4 nitrogen and oxygen atoms in total. The van der Waals surface area contributed by atoms with Gasteiger partial charge >= 0.3 is 0 Å². The van der Waals surface area contributed by atoms with Gasteiger partial charge in [0.05, 0.1) is 11.3 Å². The summed E-state index contributed by atoms with van der Waals surface area (Å²) in [6, 6.07) is 15.5. The van der Waals surface area contributed by atoms with Gasteiger partial charge in [-0.15, -0.1) is 0 Å². The minimum absolute atomic E-state index is 0.101. The van der Waals surface area contributed by atoms with Gasteiger partial charge in [-0.2, -0.15) is 0 Å². The third-order valence-electron chi connectivity index (χ3n) is 4.40. The minimum atomic E-state index is -0.340. The van der Waals surface area contributed by atoms with E-state index in [-0.39, 0.29) is 22.8 Å². The number of aryl methyl sites for hydroxylation is 1. The first-order valence-corrected chi connectivity index (χ1v) is 9.76. The molecule has 0 aliphatic heterocycles. The van der Waals surface area contributed by atoms with Gasteiger partial charge in [0.25, 0.3) is 5.91 Å². The van der Waals surface area contributed by atoms with Crippen molar-refractivity contribution in [1.29, 1.82) is 0 Å². The maximum atomic E-state index is 12.5. The lowest BCUT2D eigenvalue weighted by Crippen LogP contribution is -2.40. The van der Waals surface area contributed by atoms with E-state index in [0.29, 0.717) is 24.1 Å². The van der Waals surface area contributed by atoms with Crippen LogP contribution < -0.4 is 10.6 Å². The fourth-order valence-corrected chi connectivity index (χ4v) is 2.84. The summed E-state index contributed by atoms with van der Waals surface area (Å²) in [5, 5.41) is 5.82. The van der Waals surface area contributed by atoms with E-state index in [2.05, 4.69) is 55.7 Å². The summed E-state index contributed by atoms with van der Waals surface area (Å²) in [5.41, 5.74) is 3.19. The quantitative estimate of drug-likeness (QED) is 0.759. The molecule has 2 N–H and O–H groups in total. The van der Waals surface area contributed by atoms with Crippen LogP contribution in [0.2, 0.25) is 0 Å². The molecule has 0 saturated carbocycles. The van der Waals surface area contributed by atoms with Crippen molar-refractivity contribution in [3.05, 3.63) is 65.2 Å². The van der Waals surface area contributed by atoms with Crippen molar-refractivity contribution < 1.29 is 9.59 Å². The van der Waals surface area contributed by atoms with Crippen LogP contribution in [0.5, 0.6) is 0 Å². The Balaban J connectivity index is 1.99. The van der Waals surface area contributed by atoms with Crippen molar-refractivity contribution in [2.45, 2.75) is 65.3 Å². The zero-order valence-electron chi connectivity index (χ0n) is 17.8. The van der Waals surface area contributed by atoms with Gasteiger partial charge in [-0.05, 0) is 55.9 Å². The summed E-state index contributed by atoms with van der Waals surface area (Å²) in [6.45, 7) is 12.3. The van der Waals surface area contributed by atoms with E-state index in [1.54, 1.807) is 18.2 Å². The van der Waals surface area contributed by atoms with Crippen molar-refractivity contribution >= 4 is 17.5 Å². The average molecular weight is 381 g/mol. The lowest BCUT2D eigenvalue weighted by Gasteiger charge is -2.21. The number of carbonyl (C=O) groups is 2. The van der Waals surface area contributed by atoms with Gasteiger partial charge in [-0.1, -0.05) is 57.2 Å². The molecule has 0 aromatic heterocycles. The monoisotopic (exact) mass is 380 g/mol. The normalized spacial score (nSPS) is 11.8. The molecule has 0 atom stereocenters. The molecule has 0 unspecified atom stereocenters. The lowest BCUT2D eigenvalue weighted by atomic mass is 9.86. The maximum Gasteiger partial charge on any atom is 0.253 e. The van der Waals surface area contributed by atoms with Crippen molar-refractivity contribution in [2.75, 3.05) is 5.32 Å². The molecule has 2 aromatic carbocycles. The molecule has 2 amide bonds. The molecule has 0 bridgehead atoms. The van der Waals surface area contributed by atoms with Crippen molar-refractivity contribution in [3.8, 4) is 0 Å². The molecule has 2 rings (SSSR count). The van der Waals surface area contributed by atoms with Crippen LogP contribution in [-0.4, -0.2) is 17.4 Å². The van der Waals surface area contributed by atoms with Crippen LogP contribution in [0.1, 0.15) is 69.4 Å². The Morgan fingerprint density at radius 2 is 1.46 bits per heavy atom. The van der Waals surface area contributed by atoms with E-state index in [1.165, 1.54) is 5.56 Å². The summed E-state index contributed by atoms with van der Waals surface area (Å²) in [4.78, 5) is 24.9. The number of amides is 2. The molecule has 0 fully saturated rings. The highest BCUT2D eigenvalue weighted by atomic mass is 16.2. The Kier molecular flexibility index (Phi) is 6.65. The van der Waals surface area contributed by atoms with Gasteiger partial charge in [-0.3, -0.25) is 9.59 Å². The number of hydrogen-bond donors (Lipinski definition) is 2. The number of para-hydroxylation sites is 1. The SMILES string of the molecule is CC(C)(C)NC(=O)c1ccccc1NC(=O)CCc1ccc(C(C)(C)C)cc1. The van der Waals surface area contributed by atoms with Crippen LogP contribution in [0.15, 0.2) is 48.5 Å². The van der Waals surface area contributed by atoms with Gasteiger partial charge in [0.15, 0.2) is 0 Å². The van der Waals surface area contributed by atoms with Crippen LogP contribution in [-0.2, 0) is 16.6 Å². The first-order valence-electron chi connectivity index (χ1n) is 9.76. The first-order chi connectivity index (χ1) is 13.0. The molecule has 0 saturated heterocycles. The molecule has 0 aliphatic carbocycles. The number of rotatable bonds is 5. The van der Waals surface area contributed by atoms with Crippen LogP contribution in [0.3, 0.4) is 0 Å². The molecular formula is C24H32N2O2. The Bertz CT molecular complexity index is 825. The summed E-state index contributed by atoms with van der Waals surface area (Å²) < 4.78 is 0. The molecule has 2 aromatic rings. The van der Waals surface area contributed by atoms with Gasteiger partial charge in [0.1, 0.15) is 0 Å².